The lowest BCUT2D eigenvalue weighted by Crippen LogP contribution is -2.44. The zero-order chi connectivity index (χ0) is 13.9. The highest BCUT2D eigenvalue weighted by Crippen LogP contribution is 2.15. The minimum atomic E-state index is -0.0623. The molecule has 2 N–H and O–H groups in total. The second-order valence-corrected chi connectivity index (χ2v) is 5.76. The van der Waals surface area contributed by atoms with Gasteiger partial charge in [0.1, 0.15) is 5.69 Å². The van der Waals surface area contributed by atoms with Gasteiger partial charge in [0.05, 0.1) is 0 Å². The first-order chi connectivity index (χ1) is 9.74. The van der Waals surface area contributed by atoms with Crippen LogP contribution in [0, 0.1) is 0 Å². The smallest absolute Gasteiger partial charge is 0.271 e. The van der Waals surface area contributed by atoms with Crippen LogP contribution >= 0.6 is 0 Å². The van der Waals surface area contributed by atoms with Crippen LogP contribution in [0.3, 0.4) is 0 Å². The van der Waals surface area contributed by atoms with Crippen molar-refractivity contribution in [3.63, 3.8) is 0 Å². The molecule has 1 aromatic heterocycles. The van der Waals surface area contributed by atoms with Gasteiger partial charge in [0.25, 0.3) is 5.91 Å². The number of fused-ring (bicyclic) bond motifs is 1. The van der Waals surface area contributed by atoms with Crippen molar-refractivity contribution < 1.29 is 4.79 Å². The minimum absolute atomic E-state index is 0.0623. The summed E-state index contributed by atoms with van der Waals surface area (Å²) in [6.45, 7) is 3.72. The Balaban J connectivity index is 1.57. The van der Waals surface area contributed by atoms with Crippen LogP contribution < -0.4 is 10.6 Å². The number of hydrogen-bond donors (Lipinski definition) is 2. The standard InChI is InChI=1S/C14H23N5O/c1-18-7-3-2-5-11(18)9-16-13(20)12-10-19-8-4-6-15-14(19)17-12/h10-11H,2-9H2,1H3,(H,15,17)(H,16,20). The molecule has 0 saturated carbocycles. The Morgan fingerprint density at radius 1 is 1.45 bits per heavy atom. The van der Waals surface area contributed by atoms with E-state index < -0.39 is 0 Å². The van der Waals surface area contributed by atoms with Gasteiger partial charge in [0, 0.05) is 31.9 Å². The van der Waals surface area contributed by atoms with Crippen molar-refractivity contribution >= 4 is 11.9 Å². The number of aryl methyl sites for hydroxylation is 1. The van der Waals surface area contributed by atoms with Crippen LogP contribution in [0.25, 0.3) is 0 Å². The molecular formula is C14H23N5O. The van der Waals surface area contributed by atoms with E-state index in [1.165, 1.54) is 12.8 Å². The third-order valence-corrected chi connectivity index (χ3v) is 4.29. The lowest BCUT2D eigenvalue weighted by atomic mass is 10.0. The average molecular weight is 277 g/mol. The van der Waals surface area contributed by atoms with Crippen molar-refractivity contribution in [1.29, 1.82) is 0 Å². The van der Waals surface area contributed by atoms with Crippen molar-refractivity contribution in [1.82, 2.24) is 19.8 Å². The summed E-state index contributed by atoms with van der Waals surface area (Å²) >= 11 is 0. The second kappa shape index (κ2) is 5.83. The van der Waals surface area contributed by atoms with E-state index in [0.29, 0.717) is 18.3 Å². The first-order valence-electron chi connectivity index (χ1n) is 7.53. The number of nitrogens with one attached hydrogen (secondary N) is 2. The highest BCUT2D eigenvalue weighted by molar-refractivity contribution is 5.92. The van der Waals surface area contributed by atoms with E-state index in [2.05, 4.69) is 27.6 Å². The topological polar surface area (TPSA) is 62.2 Å². The second-order valence-electron chi connectivity index (χ2n) is 5.76. The molecule has 2 aliphatic heterocycles. The maximum absolute atomic E-state index is 12.2. The van der Waals surface area contributed by atoms with Gasteiger partial charge in [-0.3, -0.25) is 4.79 Å². The minimum Gasteiger partial charge on any atom is -0.356 e. The molecule has 0 bridgehead atoms. The predicted octanol–water partition coefficient (Wildman–Crippen LogP) is 0.913. The van der Waals surface area contributed by atoms with E-state index in [-0.39, 0.29) is 5.91 Å². The van der Waals surface area contributed by atoms with Gasteiger partial charge in [-0.05, 0) is 32.9 Å². The molecule has 0 aromatic carbocycles. The van der Waals surface area contributed by atoms with Crippen LogP contribution in [0.1, 0.15) is 36.2 Å². The van der Waals surface area contributed by atoms with Gasteiger partial charge >= 0.3 is 0 Å². The molecule has 3 heterocycles. The first kappa shape index (κ1) is 13.4. The molecule has 3 rings (SSSR count). The zero-order valence-electron chi connectivity index (χ0n) is 12.1. The number of imidazole rings is 1. The van der Waals surface area contributed by atoms with Crippen LogP contribution in [0.4, 0.5) is 5.95 Å². The number of anilines is 1. The number of piperidine rings is 1. The molecule has 0 spiro atoms. The van der Waals surface area contributed by atoms with Gasteiger partial charge in [-0.2, -0.15) is 0 Å². The number of rotatable bonds is 3. The quantitative estimate of drug-likeness (QED) is 0.862. The summed E-state index contributed by atoms with van der Waals surface area (Å²) in [6, 6.07) is 0.461. The molecule has 1 unspecified atom stereocenters. The lowest BCUT2D eigenvalue weighted by Gasteiger charge is -2.32. The van der Waals surface area contributed by atoms with Gasteiger partial charge in [-0.15, -0.1) is 0 Å². The van der Waals surface area contributed by atoms with Crippen LogP contribution in [-0.2, 0) is 6.54 Å². The predicted molar refractivity (Wildman–Crippen MR) is 77.9 cm³/mol. The van der Waals surface area contributed by atoms with E-state index in [0.717, 1.165) is 38.4 Å². The largest absolute Gasteiger partial charge is 0.356 e. The van der Waals surface area contributed by atoms with Crippen LogP contribution in [0.15, 0.2) is 6.20 Å². The van der Waals surface area contributed by atoms with Crippen molar-refractivity contribution in [3.8, 4) is 0 Å². The number of hydrogen-bond acceptors (Lipinski definition) is 4. The normalized spacial score (nSPS) is 22.9. The SMILES string of the molecule is CN1CCCCC1CNC(=O)c1cn2c(n1)NCCC2. The number of carbonyl (C=O) groups is 1. The highest BCUT2D eigenvalue weighted by atomic mass is 16.1. The fourth-order valence-corrected chi connectivity index (χ4v) is 2.99. The number of carbonyl (C=O) groups excluding carboxylic acids is 1. The van der Waals surface area contributed by atoms with Gasteiger partial charge < -0.3 is 20.1 Å². The molecule has 2 aliphatic rings. The van der Waals surface area contributed by atoms with Gasteiger partial charge in [0.15, 0.2) is 0 Å². The Hall–Kier alpha value is -1.56. The number of aromatic nitrogens is 2. The first-order valence-corrected chi connectivity index (χ1v) is 7.53. The van der Waals surface area contributed by atoms with Crippen molar-refractivity contribution in [2.75, 3.05) is 32.0 Å². The molecular weight excluding hydrogens is 254 g/mol. The monoisotopic (exact) mass is 277 g/mol. The van der Waals surface area contributed by atoms with Crippen LogP contribution in [0.2, 0.25) is 0 Å². The number of likely N-dealkylation sites (N-methyl/N-ethyl adjacent to an activating group) is 1. The fourth-order valence-electron chi connectivity index (χ4n) is 2.99. The fraction of sp³-hybridized carbons (Fsp3) is 0.714. The lowest BCUT2D eigenvalue weighted by molar-refractivity contribution is 0.0924. The average Bonchev–Trinajstić information content (AvgIpc) is 2.90. The van der Waals surface area contributed by atoms with E-state index in [4.69, 9.17) is 0 Å². The maximum Gasteiger partial charge on any atom is 0.271 e. The zero-order valence-corrected chi connectivity index (χ0v) is 12.1. The third-order valence-electron chi connectivity index (χ3n) is 4.29. The molecule has 1 aromatic rings. The summed E-state index contributed by atoms with van der Waals surface area (Å²) in [5.41, 5.74) is 0.521. The van der Waals surface area contributed by atoms with Gasteiger partial charge in [0.2, 0.25) is 5.95 Å². The molecule has 110 valence electrons. The van der Waals surface area contributed by atoms with Gasteiger partial charge in [-0.25, -0.2) is 4.98 Å². The Kier molecular flexibility index (Phi) is 3.91. The van der Waals surface area contributed by atoms with Crippen LogP contribution in [0.5, 0.6) is 0 Å². The molecule has 1 fully saturated rings. The van der Waals surface area contributed by atoms with Crippen molar-refractivity contribution in [3.05, 3.63) is 11.9 Å². The summed E-state index contributed by atoms with van der Waals surface area (Å²) in [7, 11) is 2.13. The Labute approximate surface area is 119 Å². The molecule has 1 saturated heterocycles. The Morgan fingerprint density at radius 2 is 2.35 bits per heavy atom. The molecule has 20 heavy (non-hydrogen) atoms. The molecule has 0 radical (unpaired) electrons. The van der Waals surface area contributed by atoms with E-state index in [1.807, 2.05) is 10.8 Å². The summed E-state index contributed by atoms with van der Waals surface area (Å²) in [5, 5.41) is 6.24. The van der Waals surface area contributed by atoms with E-state index in [9.17, 15) is 4.79 Å². The summed E-state index contributed by atoms with van der Waals surface area (Å²) < 4.78 is 2.02. The molecule has 6 nitrogen and oxygen atoms in total. The Bertz CT molecular complexity index is 460. The van der Waals surface area contributed by atoms with Crippen molar-refractivity contribution in [2.45, 2.75) is 38.3 Å². The number of likely N-dealkylation sites (tertiary alicyclic amines) is 1. The molecule has 1 amide bonds. The van der Waals surface area contributed by atoms with Crippen molar-refractivity contribution in [2.24, 2.45) is 0 Å². The Morgan fingerprint density at radius 3 is 3.15 bits per heavy atom. The number of nitrogens with zero attached hydrogens (tertiary/aromatic N) is 3. The van der Waals surface area contributed by atoms with E-state index >= 15 is 0 Å². The van der Waals surface area contributed by atoms with Crippen LogP contribution in [-0.4, -0.2) is 53.1 Å². The third kappa shape index (κ3) is 2.80. The maximum atomic E-state index is 12.2. The van der Waals surface area contributed by atoms with E-state index in [1.54, 1.807) is 0 Å². The molecule has 1 atom stereocenters. The molecule has 6 heteroatoms. The highest BCUT2D eigenvalue weighted by Gasteiger charge is 2.21. The summed E-state index contributed by atoms with van der Waals surface area (Å²) in [6.07, 6.45) is 6.62. The summed E-state index contributed by atoms with van der Waals surface area (Å²) in [4.78, 5) is 18.9. The molecule has 0 aliphatic carbocycles. The number of amides is 1. The summed E-state index contributed by atoms with van der Waals surface area (Å²) in [5.74, 6) is 0.754. The van der Waals surface area contributed by atoms with Gasteiger partial charge in [-0.1, -0.05) is 6.42 Å².